The summed E-state index contributed by atoms with van der Waals surface area (Å²) < 4.78 is 0. The Morgan fingerprint density at radius 1 is 1.47 bits per heavy atom. The standard InChI is InChI=1S/C10H17N3O2/c1-5(2)8-10(15)13-4-6(11)3-7(13)9(14)12-8/h5-8H,3-4,11H2,1-2H3,(H,12,14)/t6?,7?,8-/m0/s1. The van der Waals surface area contributed by atoms with Crippen molar-refractivity contribution < 1.29 is 9.59 Å². The van der Waals surface area contributed by atoms with Crippen LogP contribution in [-0.4, -0.2) is 41.4 Å². The lowest BCUT2D eigenvalue weighted by Gasteiger charge is -2.36. The number of hydrogen-bond acceptors (Lipinski definition) is 3. The summed E-state index contributed by atoms with van der Waals surface area (Å²) in [5.41, 5.74) is 5.77. The van der Waals surface area contributed by atoms with Crippen LogP contribution in [0.3, 0.4) is 0 Å². The summed E-state index contributed by atoms with van der Waals surface area (Å²) in [5.74, 6) is 0.0861. The first-order valence-electron chi connectivity index (χ1n) is 5.37. The van der Waals surface area contributed by atoms with Gasteiger partial charge in [-0.25, -0.2) is 0 Å². The molecule has 3 atom stereocenters. The van der Waals surface area contributed by atoms with E-state index in [-0.39, 0.29) is 35.9 Å². The molecule has 5 heteroatoms. The summed E-state index contributed by atoms with van der Waals surface area (Å²) in [6, 6.07) is -0.767. The van der Waals surface area contributed by atoms with Gasteiger partial charge in [-0.05, 0) is 12.3 Å². The van der Waals surface area contributed by atoms with Gasteiger partial charge in [-0.15, -0.1) is 0 Å². The lowest BCUT2D eigenvalue weighted by Crippen LogP contribution is -2.62. The quantitative estimate of drug-likeness (QED) is 0.588. The fraction of sp³-hybridized carbons (Fsp3) is 0.800. The van der Waals surface area contributed by atoms with Gasteiger partial charge >= 0.3 is 0 Å². The van der Waals surface area contributed by atoms with Crippen LogP contribution in [0.25, 0.3) is 0 Å². The van der Waals surface area contributed by atoms with Crippen LogP contribution in [0.5, 0.6) is 0 Å². The van der Waals surface area contributed by atoms with E-state index in [1.807, 2.05) is 13.8 Å². The number of nitrogens with two attached hydrogens (primary N) is 1. The molecule has 3 N–H and O–H groups in total. The molecule has 0 aromatic rings. The second kappa shape index (κ2) is 3.48. The molecule has 0 bridgehead atoms. The highest BCUT2D eigenvalue weighted by Crippen LogP contribution is 2.23. The first kappa shape index (κ1) is 10.4. The Labute approximate surface area is 89.0 Å². The van der Waals surface area contributed by atoms with E-state index in [4.69, 9.17) is 5.73 Å². The fourth-order valence-corrected chi connectivity index (χ4v) is 2.30. The second-order valence-corrected chi connectivity index (χ2v) is 4.73. The first-order chi connectivity index (χ1) is 7.00. The molecule has 5 nitrogen and oxygen atoms in total. The number of hydrogen-bond donors (Lipinski definition) is 2. The van der Waals surface area contributed by atoms with Crippen molar-refractivity contribution in [2.45, 2.75) is 38.4 Å². The monoisotopic (exact) mass is 211 g/mol. The second-order valence-electron chi connectivity index (χ2n) is 4.73. The number of amides is 2. The molecule has 0 aromatic carbocycles. The summed E-state index contributed by atoms with van der Waals surface area (Å²) in [7, 11) is 0. The van der Waals surface area contributed by atoms with Crippen molar-refractivity contribution in [1.82, 2.24) is 10.2 Å². The van der Waals surface area contributed by atoms with Crippen LogP contribution < -0.4 is 11.1 Å². The van der Waals surface area contributed by atoms with Crippen LogP contribution in [0.4, 0.5) is 0 Å². The van der Waals surface area contributed by atoms with Crippen LogP contribution in [-0.2, 0) is 9.59 Å². The van der Waals surface area contributed by atoms with Crippen molar-refractivity contribution in [2.24, 2.45) is 11.7 Å². The lowest BCUT2D eigenvalue weighted by atomic mass is 9.99. The van der Waals surface area contributed by atoms with E-state index in [1.165, 1.54) is 0 Å². The summed E-state index contributed by atoms with van der Waals surface area (Å²) >= 11 is 0. The number of carbonyl (C=O) groups excluding carboxylic acids is 2. The van der Waals surface area contributed by atoms with Gasteiger partial charge < -0.3 is 16.0 Å². The minimum atomic E-state index is -0.376. The normalized spacial score (nSPS) is 35.7. The summed E-state index contributed by atoms with van der Waals surface area (Å²) in [5, 5.41) is 2.77. The Hall–Kier alpha value is -1.10. The number of rotatable bonds is 1. The summed E-state index contributed by atoms with van der Waals surface area (Å²) in [6.07, 6.45) is 0.586. The molecule has 2 heterocycles. The maximum absolute atomic E-state index is 12.0. The molecule has 0 saturated carbocycles. The molecule has 2 aliphatic heterocycles. The van der Waals surface area contributed by atoms with Crippen molar-refractivity contribution in [2.75, 3.05) is 6.54 Å². The largest absolute Gasteiger partial charge is 0.342 e. The third-order valence-electron chi connectivity index (χ3n) is 3.15. The molecule has 0 spiro atoms. The predicted molar refractivity (Wildman–Crippen MR) is 54.9 cm³/mol. The van der Waals surface area contributed by atoms with Gasteiger partial charge in [-0.1, -0.05) is 13.8 Å². The van der Waals surface area contributed by atoms with Gasteiger partial charge in [0.2, 0.25) is 11.8 Å². The predicted octanol–water partition coefficient (Wildman–Crippen LogP) is -0.931. The van der Waals surface area contributed by atoms with Crippen molar-refractivity contribution in [3.63, 3.8) is 0 Å². The highest BCUT2D eigenvalue weighted by Gasteiger charge is 2.46. The van der Waals surface area contributed by atoms with E-state index >= 15 is 0 Å². The van der Waals surface area contributed by atoms with Crippen LogP contribution in [0.1, 0.15) is 20.3 Å². The van der Waals surface area contributed by atoms with Gasteiger partial charge in [0.25, 0.3) is 0 Å². The van der Waals surface area contributed by atoms with Gasteiger partial charge in [-0.3, -0.25) is 9.59 Å². The minimum Gasteiger partial charge on any atom is -0.342 e. The van der Waals surface area contributed by atoms with E-state index in [9.17, 15) is 9.59 Å². The third kappa shape index (κ3) is 1.61. The number of nitrogens with one attached hydrogen (secondary N) is 1. The lowest BCUT2D eigenvalue weighted by molar-refractivity contribution is -0.148. The zero-order chi connectivity index (χ0) is 11.2. The van der Waals surface area contributed by atoms with Crippen LogP contribution in [0.2, 0.25) is 0 Å². The molecule has 2 aliphatic rings. The van der Waals surface area contributed by atoms with Gasteiger partial charge in [0.1, 0.15) is 12.1 Å². The maximum Gasteiger partial charge on any atom is 0.246 e. The average Bonchev–Trinajstić information content (AvgIpc) is 2.53. The Bertz CT molecular complexity index is 303. The molecule has 2 rings (SSSR count). The summed E-state index contributed by atoms with van der Waals surface area (Å²) in [6.45, 7) is 4.37. The first-order valence-corrected chi connectivity index (χ1v) is 5.37. The number of fused-ring (bicyclic) bond motifs is 1. The van der Waals surface area contributed by atoms with Crippen LogP contribution in [0, 0.1) is 5.92 Å². The van der Waals surface area contributed by atoms with Crippen molar-refractivity contribution in [3.05, 3.63) is 0 Å². The highest BCUT2D eigenvalue weighted by molar-refractivity contribution is 5.97. The number of carbonyl (C=O) groups is 2. The highest BCUT2D eigenvalue weighted by atomic mass is 16.2. The molecule has 0 aliphatic carbocycles. The molecule has 2 fully saturated rings. The number of nitrogens with zero attached hydrogens (tertiary/aromatic N) is 1. The molecule has 15 heavy (non-hydrogen) atoms. The fourth-order valence-electron chi connectivity index (χ4n) is 2.30. The third-order valence-corrected chi connectivity index (χ3v) is 3.15. The topological polar surface area (TPSA) is 75.4 Å². The van der Waals surface area contributed by atoms with E-state index in [1.54, 1.807) is 4.90 Å². The molecule has 2 amide bonds. The minimum absolute atomic E-state index is 0.0163. The smallest absolute Gasteiger partial charge is 0.246 e. The zero-order valence-corrected chi connectivity index (χ0v) is 9.06. The van der Waals surface area contributed by atoms with Crippen LogP contribution in [0.15, 0.2) is 0 Å². The van der Waals surface area contributed by atoms with E-state index in [0.717, 1.165) is 0 Å². The van der Waals surface area contributed by atoms with Gasteiger partial charge in [0.05, 0.1) is 0 Å². The van der Waals surface area contributed by atoms with Crippen molar-refractivity contribution in [3.8, 4) is 0 Å². The maximum atomic E-state index is 12.0. The Morgan fingerprint density at radius 2 is 2.13 bits per heavy atom. The number of piperazine rings is 1. The Kier molecular flexibility index (Phi) is 2.42. The molecule has 0 radical (unpaired) electrons. The van der Waals surface area contributed by atoms with Crippen molar-refractivity contribution >= 4 is 11.8 Å². The Morgan fingerprint density at radius 3 is 2.73 bits per heavy atom. The molecular formula is C10H17N3O2. The SMILES string of the molecule is CC(C)[C@@H]1NC(=O)C2CC(N)CN2C1=O. The van der Waals surface area contributed by atoms with Crippen molar-refractivity contribution in [1.29, 1.82) is 0 Å². The molecule has 0 aromatic heterocycles. The molecule has 2 unspecified atom stereocenters. The molecular weight excluding hydrogens is 194 g/mol. The van der Waals surface area contributed by atoms with E-state index in [0.29, 0.717) is 13.0 Å². The summed E-state index contributed by atoms with van der Waals surface area (Å²) in [4.78, 5) is 25.3. The van der Waals surface area contributed by atoms with Crippen LogP contribution >= 0.6 is 0 Å². The van der Waals surface area contributed by atoms with Gasteiger partial charge in [0.15, 0.2) is 0 Å². The molecule has 84 valence electrons. The van der Waals surface area contributed by atoms with E-state index < -0.39 is 0 Å². The van der Waals surface area contributed by atoms with E-state index in [2.05, 4.69) is 5.32 Å². The zero-order valence-electron chi connectivity index (χ0n) is 9.06. The van der Waals surface area contributed by atoms with Gasteiger partial charge in [0, 0.05) is 12.6 Å². The average molecular weight is 211 g/mol. The van der Waals surface area contributed by atoms with Gasteiger partial charge in [-0.2, -0.15) is 0 Å². The molecule has 2 saturated heterocycles. The Balaban J connectivity index is 2.21.